The molecule has 5 heteroatoms. The summed E-state index contributed by atoms with van der Waals surface area (Å²) >= 11 is 0. The van der Waals surface area contributed by atoms with Crippen molar-refractivity contribution in [3.8, 4) is 6.07 Å². The predicted molar refractivity (Wildman–Crippen MR) is 67.6 cm³/mol. The Morgan fingerprint density at radius 3 is 2.72 bits per heavy atom. The van der Waals surface area contributed by atoms with Crippen LogP contribution in [0.4, 0.5) is 0 Å². The molecule has 0 fully saturated rings. The molecule has 2 N–H and O–H groups in total. The minimum atomic E-state index is -0.0878. The molecule has 18 heavy (non-hydrogen) atoms. The molecule has 0 bridgehead atoms. The molecular formula is C13H15N5. The van der Waals surface area contributed by atoms with Crippen LogP contribution in [0.25, 0.3) is 0 Å². The smallest absolute Gasteiger partial charge is 0.213 e. The van der Waals surface area contributed by atoms with Crippen LogP contribution in [0.15, 0.2) is 36.9 Å². The first-order valence-corrected chi connectivity index (χ1v) is 5.86. The van der Waals surface area contributed by atoms with Crippen LogP contribution >= 0.6 is 0 Å². The lowest BCUT2D eigenvalue weighted by Gasteiger charge is -2.25. The van der Waals surface area contributed by atoms with Crippen LogP contribution in [0, 0.1) is 11.3 Å². The van der Waals surface area contributed by atoms with Gasteiger partial charge in [0.15, 0.2) is 0 Å². The second-order valence-electron chi connectivity index (χ2n) is 4.07. The lowest BCUT2D eigenvalue weighted by molar-refractivity contribution is 0.455. The van der Waals surface area contributed by atoms with Crippen molar-refractivity contribution in [2.75, 3.05) is 0 Å². The highest BCUT2D eigenvalue weighted by atomic mass is 15.1. The number of imidazole rings is 1. The molecule has 0 aromatic carbocycles. The topological polar surface area (TPSA) is 80.5 Å². The van der Waals surface area contributed by atoms with Crippen LogP contribution in [-0.2, 0) is 0 Å². The largest absolute Gasteiger partial charge is 0.326 e. The van der Waals surface area contributed by atoms with Crippen LogP contribution in [-0.4, -0.2) is 20.6 Å². The van der Waals surface area contributed by atoms with Gasteiger partial charge in [-0.25, -0.2) is 4.98 Å². The van der Waals surface area contributed by atoms with Crippen LogP contribution in [0.1, 0.15) is 30.8 Å². The van der Waals surface area contributed by atoms with Gasteiger partial charge in [-0.15, -0.1) is 0 Å². The molecular weight excluding hydrogens is 226 g/mol. The van der Waals surface area contributed by atoms with Gasteiger partial charge < -0.3 is 10.3 Å². The van der Waals surface area contributed by atoms with Gasteiger partial charge in [0.05, 0.1) is 6.04 Å². The minimum absolute atomic E-state index is 0.0753. The predicted octanol–water partition coefficient (Wildman–Crippen LogP) is 1.48. The summed E-state index contributed by atoms with van der Waals surface area (Å²) in [6, 6.07) is 5.76. The molecule has 0 aliphatic carbocycles. The van der Waals surface area contributed by atoms with Crippen LogP contribution in [0.5, 0.6) is 0 Å². The van der Waals surface area contributed by atoms with Gasteiger partial charge in [0.2, 0.25) is 5.82 Å². The van der Waals surface area contributed by atoms with E-state index < -0.39 is 0 Å². The molecule has 0 amide bonds. The van der Waals surface area contributed by atoms with E-state index in [9.17, 15) is 0 Å². The summed E-state index contributed by atoms with van der Waals surface area (Å²) < 4.78 is 1.82. The SMILES string of the molecule is CCC(N)C(c1ccncc1)n1ccnc1C#N. The highest BCUT2D eigenvalue weighted by Crippen LogP contribution is 2.23. The van der Waals surface area contributed by atoms with E-state index in [0.29, 0.717) is 5.82 Å². The lowest BCUT2D eigenvalue weighted by atomic mass is 9.98. The fourth-order valence-electron chi connectivity index (χ4n) is 2.02. The number of nitrogens with zero attached hydrogens (tertiary/aromatic N) is 4. The number of rotatable bonds is 4. The fourth-order valence-corrected chi connectivity index (χ4v) is 2.02. The molecule has 2 heterocycles. The molecule has 0 aliphatic heterocycles. The fraction of sp³-hybridized carbons (Fsp3) is 0.308. The van der Waals surface area contributed by atoms with Crippen molar-refractivity contribution in [3.05, 3.63) is 48.3 Å². The minimum Gasteiger partial charge on any atom is -0.326 e. The first kappa shape index (κ1) is 12.3. The Kier molecular flexibility index (Phi) is 3.70. The van der Waals surface area contributed by atoms with Gasteiger partial charge in [-0.3, -0.25) is 4.98 Å². The first-order valence-electron chi connectivity index (χ1n) is 5.86. The number of nitriles is 1. The van der Waals surface area contributed by atoms with Crippen molar-refractivity contribution in [3.63, 3.8) is 0 Å². The monoisotopic (exact) mass is 241 g/mol. The molecule has 92 valence electrons. The maximum absolute atomic E-state index is 9.07. The molecule has 0 radical (unpaired) electrons. The van der Waals surface area contributed by atoms with Crippen molar-refractivity contribution >= 4 is 0 Å². The standard InChI is InChI=1S/C13H15N5/c1-2-11(15)13(10-3-5-16-6-4-10)18-8-7-17-12(18)9-14/h3-8,11,13H,2,15H2,1H3. The van der Waals surface area contributed by atoms with E-state index in [1.165, 1.54) is 0 Å². The average Bonchev–Trinajstić information content (AvgIpc) is 2.88. The molecule has 5 nitrogen and oxygen atoms in total. The number of hydrogen-bond acceptors (Lipinski definition) is 4. The molecule has 0 saturated heterocycles. The van der Waals surface area contributed by atoms with Crippen LogP contribution in [0.3, 0.4) is 0 Å². The van der Waals surface area contributed by atoms with Gasteiger partial charge in [0.25, 0.3) is 0 Å². The summed E-state index contributed by atoms with van der Waals surface area (Å²) in [5.74, 6) is 0.376. The molecule has 2 unspecified atom stereocenters. The van der Waals surface area contributed by atoms with Crippen molar-refractivity contribution in [2.45, 2.75) is 25.4 Å². The second kappa shape index (κ2) is 5.43. The number of nitrogens with two attached hydrogens (primary N) is 1. The maximum atomic E-state index is 9.07. The summed E-state index contributed by atoms with van der Waals surface area (Å²) in [4.78, 5) is 8.03. The van der Waals surface area contributed by atoms with Gasteiger partial charge >= 0.3 is 0 Å². The summed E-state index contributed by atoms with van der Waals surface area (Å²) in [5.41, 5.74) is 7.22. The molecule has 2 rings (SSSR count). The zero-order chi connectivity index (χ0) is 13.0. The Morgan fingerprint density at radius 1 is 1.39 bits per heavy atom. The third-order valence-electron chi connectivity index (χ3n) is 2.99. The van der Waals surface area contributed by atoms with E-state index in [2.05, 4.69) is 16.0 Å². The van der Waals surface area contributed by atoms with E-state index in [4.69, 9.17) is 11.0 Å². The Bertz CT molecular complexity index is 540. The third-order valence-corrected chi connectivity index (χ3v) is 2.99. The number of hydrogen-bond donors (Lipinski definition) is 1. The Morgan fingerprint density at radius 2 is 2.11 bits per heavy atom. The van der Waals surface area contributed by atoms with E-state index in [1.54, 1.807) is 24.8 Å². The highest BCUT2D eigenvalue weighted by Gasteiger charge is 2.22. The van der Waals surface area contributed by atoms with Crippen molar-refractivity contribution in [2.24, 2.45) is 5.73 Å². The zero-order valence-corrected chi connectivity index (χ0v) is 10.2. The number of aromatic nitrogens is 3. The first-order chi connectivity index (χ1) is 8.77. The summed E-state index contributed by atoms with van der Waals surface area (Å²) in [6.45, 7) is 2.03. The normalized spacial score (nSPS) is 13.8. The van der Waals surface area contributed by atoms with Gasteiger partial charge in [-0.05, 0) is 24.1 Å². The molecule has 2 aromatic heterocycles. The zero-order valence-electron chi connectivity index (χ0n) is 10.2. The molecule has 0 saturated carbocycles. The van der Waals surface area contributed by atoms with Gasteiger partial charge in [-0.1, -0.05) is 6.92 Å². The van der Waals surface area contributed by atoms with Gasteiger partial charge in [-0.2, -0.15) is 5.26 Å². The third kappa shape index (κ3) is 2.24. The van der Waals surface area contributed by atoms with Gasteiger partial charge in [0.1, 0.15) is 6.07 Å². The summed E-state index contributed by atoms with van der Waals surface area (Å²) in [5, 5.41) is 9.07. The molecule has 0 spiro atoms. The molecule has 2 aromatic rings. The Balaban J connectivity index is 2.48. The van der Waals surface area contributed by atoms with E-state index in [1.807, 2.05) is 23.6 Å². The Hall–Kier alpha value is -2.19. The van der Waals surface area contributed by atoms with Gasteiger partial charge in [0, 0.05) is 30.8 Å². The van der Waals surface area contributed by atoms with Crippen molar-refractivity contribution in [1.82, 2.24) is 14.5 Å². The molecule has 0 aliphatic rings. The van der Waals surface area contributed by atoms with E-state index in [0.717, 1.165) is 12.0 Å². The average molecular weight is 241 g/mol. The maximum Gasteiger partial charge on any atom is 0.213 e. The summed E-state index contributed by atoms with van der Waals surface area (Å²) in [6.07, 6.45) is 7.69. The highest BCUT2D eigenvalue weighted by molar-refractivity contribution is 5.23. The Labute approximate surface area is 106 Å². The van der Waals surface area contributed by atoms with E-state index in [-0.39, 0.29) is 12.1 Å². The van der Waals surface area contributed by atoms with E-state index >= 15 is 0 Å². The van der Waals surface area contributed by atoms with Crippen LogP contribution < -0.4 is 5.73 Å². The quantitative estimate of drug-likeness (QED) is 0.879. The van der Waals surface area contributed by atoms with Crippen molar-refractivity contribution < 1.29 is 0 Å². The second-order valence-corrected chi connectivity index (χ2v) is 4.07. The lowest BCUT2D eigenvalue weighted by Crippen LogP contribution is -2.32. The summed E-state index contributed by atoms with van der Waals surface area (Å²) in [7, 11) is 0. The van der Waals surface area contributed by atoms with Crippen molar-refractivity contribution in [1.29, 1.82) is 5.26 Å². The number of pyridine rings is 1. The molecule has 2 atom stereocenters. The van der Waals surface area contributed by atoms with Crippen LogP contribution in [0.2, 0.25) is 0 Å².